The fourth-order valence-electron chi connectivity index (χ4n) is 2.40. The first kappa shape index (κ1) is 16.9. The number of aryl methyl sites for hydroxylation is 1. The van der Waals surface area contributed by atoms with Gasteiger partial charge in [-0.05, 0) is 30.7 Å². The lowest BCUT2D eigenvalue weighted by atomic mass is 10.2. The van der Waals surface area contributed by atoms with Crippen molar-refractivity contribution in [3.05, 3.63) is 47.7 Å². The summed E-state index contributed by atoms with van der Waals surface area (Å²) >= 11 is 0. The van der Waals surface area contributed by atoms with Crippen LogP contribution >= 0.6 is 0 Å². The number of carbonyl (C=O) groups is 1. The number of imidazole rings is 1. The standard InChI is InChI=1S/C16H13F3N4O2/c1-3-11-12-13(22-15(21-11)16(17,18)19)23(8-20-12)10-6-4-9(5-7-10)14(24)25-2/h4-8H,3H2,1-2H3. The second-order valence-electron chi connectivity index (χ2n) is 5.17. The minimum absolute atomic E-state index is 0.0602. The zero-order valence-electron chi connectivity index (χ0n) is 13.3. The number of hydrogen-bond acceptors (Lipinski definition) is 5. The number of halogens is 3. The summed E-state index contributed by atoms with van der Waals surface area (Å²) in [5.74, 6) is -1.71. The molecule has 6 nitrogen and oxygen atoms in total. The highest BCUT2D eigenvalue weighted by Crippen LogP contribution is 2.29. The number of rotatable bonds is 3. The molecule has 0 N–H and O–H groups in total. The molecule has 3 aromatic rings. The Balaban J connectivity index is 2.15. The van der Waals surface area contributed by atoms with E-state index in [1.807, 2.05) is 0 Å². The van der Waals surface area contributed by atoms with Crippen molar-refractivity contribution in [1.29, 1.82) is 0 Å². The number of carbonyl (C=O) groups excluding carboxylic acids is 1. The van der Waals surface area contributed by atoms with Gasteiger partial charge in [-0.1, -0.05) is 6.92 Å². The Kier molecular flexibility index (Phi) is 4.15. The van der Waals surface area contributed by atoms with Gasteiger partial charge in [0.25, 0.3) is 0 Å². The number of methoxy groups -OCH3 is 1. The predicted molar refractivity (Wildman–Crippen MR) is 82.4 cm³/mol. The molecule has 2 heterocycles. The highest BCUT2D eigenvalue weighted by Gasteiger charge is 2.36. The largest absolute Gasteiger partial charge is 0.465 e. The summed E-state index contributed by atoms with van der Waals surface area (Å²) in [6.45, 7) is 1.70. The Morgan fingerprint density at radius 2 is 1.88 bits per heavy atom. The fourth-order valence-corrected chi connectivity index (χ4v) is 2.40. The lowest BCUT2D eigenvalue weighted by molar-refractivity contribution is -0.144. The Morgan fingerprint density at radius 1 is 1.20 bits per heavy atom. The average Bonchev–Trinajstić information content (AvgIpc) is 3.03. The molecule has 130 valence electrons. The summed E-state index contributed by atoms with van der Waals surface area (Å²) in [6.07, 6.45) is -2.98. The molecule has 9 heteroatoms. The van der Waals surface area contributed by atoms with Crippen LogP contribution in [0.4, 0.5) is 13.2 Å². The number of esters is 1. The van der Waals surface area contributed by atoms with E-state index in [4.69, 9.17) is 0 Å². The molecular formula is C16H13F3N4O2. The first-order chi connectivity index (χ1) is 11.8. The summed E-state index contributed by atoms with van der Waals surface area (Å²) in [4.78, 5) is 22.8. The molecule has 2 aromatic heterocycles. The minimum Gasteiger partial charge on any atom is -0.465 e. The van der Waals surface area contributed by atoms with Gasteiger partial charge < -0.3 is 4.74 Å². The third-order valence-corrected chi connectivity index (χ3v) is 3.62. The van der Waals surface area contributed by atoms with Gasteiger partial charge in [0, 0.05) is 5.69 Å². The zero-order chi connectivity index (χ0) is 18.2. The zero-order valence-corrected chi connectivity index (χ0v) is 13.3. The van der Waals surface area contributed by atoms with Gasteiger partial charge in [0.15, 0.2) is 5.65 Å². The molecule has 1 aromatic carbocycles. The third kappa shape index (κ3) is 3.04. The second kappa shape index (κ2) is 6.15. The van der Waals surface area contributed by atoms with Crippen molar-refractivity contribution >= 4 is 17.1 Å². The molecule has 0 amide bonds. The van der Waals surface area contributed by atoms with E-state index in [9.17, 15) is 18.0 Å². The number of benzene rings is 1. The van der Waals surface area contributed by atoms with Crippen molar-refractivity contribution in [2.24, 2.45) is 0 Å². The van der Waals surface area contributed by atoms with Crippen LogP contribution in [0, 0.1) is 0 Å². The van der Waals surface area contributed by atoms with E-state index in [-0.39, 0.29) is 11.3 Å². The molecule has 0 aliphatic carbocycles. The van der Waals surface area contributed by atoms with Crippen molar-refractivity contribution in [3.63, 3.8) is 0 Å². The van der Waals surface area contributed by atoms with Crippen LogP contribution in [0.1, 0.15) is 28.8 Å². The lowest BCUT2D eigenvalue weighted by Gasteiger charge is -2.09. The predicted octanol–water partition coefficient (Wildman–Crippen LogP) is 3.18. The molecule has 0 aliphatic rings. The molecule has 0 aliphatic heterocycles. The van der Waals surface area contributed by atoms with Crippen LogP contribution < -0.4 is 0 Å². The molecule has 0 radical (unpaired) electrons. The quantitative estimate of drug-likeness (QED) is 0.679. The van der Waals surface area contributed by atoms with Crippen LogP contribution in [0.5, 0.6) is 0 Å². The number of alkyl halides is 3. The maximum absolute atomic E-state index is 13.0. The number of ether oxygens (including phenoxy) is 1. The summed E-state index contributed by atoms with van der Waals surface area (Å²) in [6, 6.07) is 6.18. The molecule has 0 atom stereocenters. The highest BCUT2D eigenvalue weighted by molar-refractivity contribution is 5.89. The monoisotopic (exact) mass is 350 g/mol. The van der Waals surface area contributed by atoms with E-state index < -0.39 is 18.0 Å². The Morgan fingerprint density at radius 3 is 2.44 bits per heavy atom. The molecule has 0 saturated carbocycles. The van der Waals surface area contributed by atoms with E-state index >= 15 is 0 Å². The van der Waals surface area contributed by atoms with E-state index in [1.165, 1.54) is 30.1 Å². The molecule has 25 heavy (non-hydrogen) atoms. The first-order valence-corrected chi connectivity index (χ1v) is 7.35. The SMILES string of the molecule is CCc1nc(C(F)(F)F)nc2c1ncn2-c1ccc(C(=O)OC)cc1. The first-order valence-electron chi connectivity index (χ1n) is 7.35. The van der Waals surface area contributed by atoms with E-state index in [2.05, 4.69) is 19.7 Å². The molecule has 0 spiro atoms. The van der Waals surface area contributed by atoms with Gasteiger partial charge in [-0.3, -0.25) is 4.57 Å². The van der Waals surface area contributed by atoms with E-state index in [0.717, 1.165) is 0 Å². The van der Waals surface area contributed by atoms with Gasteiger partial charge in [0.1, 0.15) is 11.8 Å². The van der Waals surface area contributed by atoms with Crippen molar-refractivity contribution < 1.29 is 22.7 Å². The van der Waals surface area contributed by atoms with Crippen LogP contribution in [0.3, 0.4) is 0 Å². The second-order valence-corrected chi connectivity index (χ2v) is 5.17. The van der Waals surface area contributed by atoms with Crippen LogP contribution in [0.2, 0.25) is 0 Å². The normalized spacial score (nSPS) is 11.7. The van der Waals surface area contributed by atoms with Gasteiger partial charge in [0.2, 0.25) is 5.82 Å². The van der Waals surface area contributed by atoms with Gasteiger partial charge in [-0.2, -0.15) is 13.2 Å². The number of fused-ring (bicyclic) bond motifs is 1. The Bertz CT molecular complexity index is 933. The van der Waals surface area contributed by atoms with Crippen molar-refractivity contribution in [2.45, 2.75) is 19.5 Å². The van der Waals surface area contributed by atoms with Crippen LogP contribution in [-0.4, -0.2) is 32.6 Å². The van der Waals surface area contributed by atoms with Crippen LogP contribution in [-0.2, 0) is 17.3 Å². The summed E-state index contributed by atoms with van der Waals surface area (Å²) in [5, 5.41) is 0. The lowest BCUT2D eigenvalue weighted by Crippen LogP contribution is -2.13. The topological polar surface area (TPSA) is 69.9 Å². The molecule has 3 rings (SSSR count). The van der Waals surface area contributed by atoms with Gasteiger partial charge in [-0.25, -0.2) is 19.7 Å². The number of hydrogen-bond donors (Lipinski definition) is 0. The summed E-state index contributed by atoms with van der Waals surface area (Å²) in [5.41, 5.74) is 1.44. The van der Waals surface area contributed by atoms with Gasteiger partial charge in [-0.15, -0.1) is 0 Å². The maximum atomic E-state index is 13.0. The average molecular weight is 350 g/mol. The molecule has 0 bridgehead atoms. The summed E-state index contributed by atoms with van der Waals surface area (Å²) in [7, 11) is 1.27. The Labute approximate surface area is 140 Å². The fraction of sp³-hybridized carbons (Fsp3) is 0.250. The molecular weight excluding hydrogens is 337 g/mol. The summed E-state index contributed by atoms with van der Waals surface area (Å²) < 4.78 is 45.2. The van der Waals surface area contributed by atoms with E-state index in [1.54, 1.807) is 19.1 Å². The van der Waals surface area contributed by atoms with Crippen LogP contribution in [0.15, 0.2) is 30.6 Å². The van der Waals surface area contributed by atoms with Gasteiger partial charge >= 0.3 is 12.1 Å². The van der Waals surface area contributed by atoms with Crippen molar-refractivity contribution in [2.75, 3.05) is 7.11 Å². The minimum atomic E-state index is -4.65. The maximum Gasteiger partial charge on any atom is 0.451 e. The van der Waals surface area contributed by atoms with Crippen molar-refractivity contribution in [1.82, 2.24) is 19.5 Å². The third-order valence-electron chi connectivity index (χ3n) is 3.62. The van der Waals surface area contributed by atoms with E-state index in [0.29, 0.717) is 23.2 Å². The number of aromatic nitrogens is 4. The van der Waals surface area contributed by atoms with Crippen LogP contribution in [0.25, 0.3) is 16.9 Å². The smallest absolute Gasteiger partial charge is 0.451 e. The molecule has 0 unspecified atom stereocenters. The molecule has 0 fully saturated rings. The molecule has 0 saturated heterocycles. The Hall–Kier alpha value is -2.97. The number of nitrogens with zero attached hydrogens (tertiary/aromatic N) is 4. The van der Waals surface area contributed by atoms with Crippen molar-refractivity contribution in [3.8, 4) is 5.69 Å². The van der Waals surface area contributed by atoms with Gasteiger partial charge in [0.05, 0.1) is 18.4 Å². The highest BCUT2D eigenvalue weighted by atomic mass is 19.4.